The average molecular weight is 681 g/mol. The Morgan fingerprint density at radius 1 is 0.692 bits per heavy atom. The molecule has 2 aromatic rings. The van der Waals surface area contributed by atoms with E-state index in [4.69, 9.17) is 30.7 Å². The third kappa shape index (κ3) is 5.98. The van der Waals surface area contributed by atoms with E-state index in [0.29, 0.717) is 35.2 Å². The predicted octanol–water partition coefficient (Wildman–Crippen LogP) is 10.6. The van der Waals surface area contributed by atoms with Crippen LogP contribution in [0, 0.1) is 0 Å². The summed E-state index contributed by atoms with van der Waals surface area (Å²) in [5.74, 6) is 1.36. The molecule has 2 heterocycles. The van der Waals surface area contributed by atoms with Gasteiger partial charge < -0.3 is 0 Å². The van der Waals surface area contributed by atoms with Crippen LogP contribution in [0.4, 0.5) is 11.4 Å². The van der Waals surface area contributed by atoms with Gasteiger partial charge in [0.1, 0.15) is 0 Å². The van der Waals surface area contributed by atoms with Crippen LogP contribution in [0.25, 0.3) is 0 Å². The van der Waals surface area contributed by atoms with Crippen molar-refractivity contribution in [1.82, 2.24) is 3.53 Å². The van der Waals surface area contributed by atoms with Gasteiger partial charge in [-0.25, -0.2) is 0 Å². The summed E-state index contributed by atoms with van der Waals surface area (Å²) in [6, 6.07) is 13.3. The molecule has 0 fully saturated rings. The second kappa shape index (κ2) is 12.2. The third-order valence-electron chi connectivity index (χ3n) is 7.25. The quantitative estimate of drug-likeness (QED) is 0.257. The Kier molecular flexibility index (Phi) is 9.57. The van der Waals surface area contributed by atoms with Gasteiger partial charge in [0.05, 0.1) is 0 Å². The fraction of sp³-hybridized carbons (Fsp3) is 0.438. The molecule has 3 nitrogen and oxygen atoms in total. The topological polar surface area (TPSA) is 9.72 Å². The van der Waals surface area contributed by atoms with Crippen molar-refractivity contribution < 1.29 is 13.7 Å². The van der Waals surface area contributed by atoms with Crippen molar-refractivity contribution >= 4 is 42.0 Å². The van der Waals surface area contributed by atoms with Crippen LogP contribution < -0.4 is 9.80 Å². The Balaban J connectivity index is 2.00. The van der Waals surface area contributed by atoms with Crippen LogP contribution in [-0.2, 0) is 13.7 Å². The summed E-state index contributed by atoms with van der Waals surface area (Å²) < 4.78 is 1.78. The molecule has 0 unspecified atom stereocenters. The molecule has 0 N–H and O–H groups in total. The fourth-order valence-electron chi connectivity index (χ4n) is 5.29. The SMILES string of the molecule is CC(C)c1cccc(C(C)C)c1N1C=CN(c2c(C(C)C)cccc2C(C)C)[CH]1[Pd]([Cl])([Cl])[N]1C=C(Cl)C=CC1. The molecule has 0 aliphatic carbocycles. The van der Waals surface area contributed by atoms with Gasteiger partial charge >= 0.3 is 254 Å². The number of anilines is 2. The maximum atomic E-state index is 7.68. The first-order valence-electron chi connectivity index (χ1n) is 13.7. The summed E-state index contributed by atoms with van der Waals surface area (Å²) in [4.78, 5) is 4.73. The zero-order valence-electron chi connectivity index (χ0n) is 24.2. The van der Waals surface area contributed by atoms with E-state index in [2.05, 4.69) is 118 Å². The van der Waals surface area contributed by atoms with Gasteiger partial charge in [-0.1, -0.05) is 0 Å². The van der Waals surface area contributed by atoms with E-state index in [1.165, 1.54) is 33.6 Å². The molecule has 0 bridgehead atoms. The van der Waals surface area contributed by atoms with E-state index >= 15 is 0 Å². The average Bonchev–Trinajstić information content (AvgIpc) is 3.33. The van der Waals surface area contributed by atoms with Crippen molar-refractivity contribution in [2.45, 2.75) is 83.7 Å². The van der Waals surface area contributed by atoms with Crippen LogP contribution in [0.1, 0.15) is 101 Å². The van der Waals surface area contributed by atoms with Crippen LogP contribution in [0.2, 0.25) is 0 Å². The standard InChI is InChI=1S/C27H37N2.C5H5ClN.2ClH.Pd/c1-18(2)22-11-9-12-23(19(3)4)26(22)28-15-16-29(17-28)27-24(20(5)6)13-10-14-25(27)21(7)8;6-5-2-1-3-7-4-5;;;/h9-21H,1-8H3;1-2,4H,3H2;2*1H;/q;-1;;;+3/p-2. The zero-order valence-corrected chi connectivity index (χ0v) is 28.1. The number of hydrogen-bond acceptors (Lipinski definition) is 3. The van der Waals surface area contributed by atoms with Crippen molar-refractivity contribution in [3.05, 3.63) is 94.4 Å². The number of allylic oxidation sites excluding steroid dienone is 2. The van der Waals surface area contributed by atoms with E-state index in [-0.39, 0.29) is 4.64 Å². The van der Waals surface area contributed by atoms with Gasteiger partial charge in [-0.05, 0) is 0 Å². The second-order valence-electron chi connectivity index (χ2n) is 11.4. The van der Waals surface area contributed by atoms with E-state index < -0.39 is 13.7 Å². The normalized spacial score (nSPS) is 17.0. The second-order valence-corrected chi connectivity index (χ2v) is 20.4. The molecule has 0 saturated carbocycles. The van der Waals surface area contributed by atoms with Crippen molar-refractivity contribution in [2.75, 3.05) is 16.3 Å². The van der Waals surface area contributed by atoms with Gasteiger partial charge in [0, 0.05) is 0 Å². The summed E-state index contributed by atoms with van der Waals surface area (Å²) in [6.07, 6.45) is 10.3. The molecule has 216 valence electrons. The number of para-hydroxylation sites is 2. The summed E-state index contributed by atoms with van der Waals surface area (Å²) in [6.45, 7) is 18.7. The molecule has 0 spiro atoms. The molecule has 2 aliphatic heterocycles. The Labute approximate surface area is 252 Å². The minimum atomic E-state index is -3.43. The molecule has 39 heavy (non-hydrogen) atoms. The molecular formula is C32H42Cl3N3Pd. The summed E-state index contributed by atoms with van der Waals surface area (Å²) in [7, 11) is 15.4. The van der Waals surface area contributed by atoms with Gasteiger partial charge in [0.2, 0.25) is 0 Å². The fourth-order valence-corrected chi connectivity index (χ4v) is 11.3. The van der Waals surface area contributed by atoms with Gasteiger partial charge in [0.15, 0.2) is 0 Å². The number of benzene rings is 2. The molecular weight excluding hydrogens is 639 g/mol. The Morgan fingerprint density at radius 2 is 1.08 bits per heavy atom. The van der Waals surface area contributed by atoms with Crippen LogP contribution in [0.3, 0.4) is 0 Å². The van der Waals surface area contributed by atoms with Crippen molar-refractivity contribution in [1.29, 1.82) is 0 Å². The Bertz CT molecular complexity index is 1150. The van der Waals surface area contributed by atoms with Crippen molar-refractivity contribution in [3.8, 4) is 0 Å². The first-order valence-corrected chi connectivity index (χ1v) is 19.7. The first kappa shape index (κ1) is 30.5. The molecule has 0 radical (unpaired) electrons. The Morgan fingerprint density at radius 3 is 1.41 bits per heavy atom. The first-order chi connectivity index (χ1) is 18.4. The van der Waals surface area contributed by atoms with Gasteiger partial charge in [-0.3, -0.25) is 0 Å². The van der Waals surface area contributed by atoms with Gasteiger partial charge in [-0.2, -0.15) is 0 Å². The van der Waals surface area contributed by atoms with Crippen LogP contribution in [-0.4, -0.2) is 14.7 Å². The minimum absolute atomic E-state index is 0.306. The summed E-state index contributed by atoms with van der Waals surface area (Å²) in [5.41, 5.74) is 7.61. The third-order valence-corrected chi connectivity index (χ3v) is 14.1. The Hall–Kier alpha value is -1.41. The molecule has 0 aromatic heterocycles. The van der Waals surface area contributed by atoms with E-state index in [0.717, 1.165) is 0 Å². The molecule has 2 aromatic carbocycles. The van der Waals surface area contributed by atoms with Crippen LogP contribution in [0.15, 0.2) is 72.2 Å². The van der Waals surface area contributed by atoms with Crippen molar-refractivity contribution in [3.63, 3.8) is 0 Å². The van der Waals surface area contributed by atoms with Gasteiger partial charge in [-0.15, -0.1) is 0 Å². The van der Waals surface area contributed by atoms with Crippen LogP contribution in [0.5, 0.6) is 0 Å². The molecule has 0 saturated heterocycles. The molecule has 0 atom stereocenters. The summed E-state index contributed by atoms with van der Waals surface area (Å²) in [5, 5.41) is 0.641. The number of halogens is 3. The summed E-state index contributed by atoms with van der Waals surface area (Å²) >= 11 is 3.06. The zero-order chi connectivity index (χ0) is 28.6. The molecule has 4 rings (SSSR count). The molecule has 0 amide bonds. The van der Waals surface area contributed by atoms with Gasteiger partial charge in [0.25, 0.3) is 0 Å². The molecule has 7 heteroatoms. The molecule has 2 aliphatic rings. The monoisotopic (exact) mass is 679 g/mol. The van der Waals surface area contributed by atoms with E-state index in [1.807, 2.05) is 18.4 Å². The van der Waals surface area contributed by atoms with Crippen LogP contribution >= 0.6 is 30.7 Å². The number of hydrogen-bond donors (Lipinski definition) is 0. The van der Waals surface area contributed by atoms with Crippen molar-refractivity contribution in [2.24, 2.45) is 0 Å². The number of nitrogens with zero attached hydrogens (tertiary/aromatic N) is 3. The van der Waals surface area contributed by atoms with E-state index in [9.17, 15) is 0 Å². The number of rotatable bonds is 8. The maximum absolute atomic E-state index is 7.68. The predicted molar refractivity (Wildman–Crippen MR) is 169 cm³/mol. The van der Waals surface area contributed by atoms with E-state index in [1.54, 1.807) is 0 Å².